The number of nitrogen functional groups attached to an aromatic ring is 1. The van der Waals surface area contributed by atoms with E-state index in [2.05, 4.69) is 15.0 Å². The Morgan fingerprint density at radius 3 is 2.61 bits per heavy atom. The number of hydrogen-bond donors (Lipinski definition) is 1. The summed E-state index contributed by atoms with van der Waals surface area (Å²) in [4.78, 5) is 25.3. The maximum atomic E-state index is 12.8. The van der Waals surface area contributed by atoms with Crippen LogP contribution in [0.4, 0.5) is 5.95 Å². The molecular formula is C28H31BN5O9P. The third-order valence-electron chi connectivity index (χ3n) is 7.45. The quantitative estimate of drug-likeness (QED) is 0.147. The molecule has 0 bridgehead atoms. The van der Waals surface area contributed by atoms with Gasteiger partial charge in [0.2, 0.25) is 11.8 Å². The fourth-order valence-electron chi connectivity index (χ4n) is 5.29. The molecule has 2 aromatic heterocycles. The van der Waals surface area contributed by atoms with Crippen molar-refractivity contribution in [2.24, 2.45) is 0 Å². The molecule has 4 heterocycles. The first-order chi connectivity index (χ1) is 21.3. The lowest BCUT2D eigenvalue weighted by Gasteiger charge is -2.29. The van der Waals surface area contributed by atoms with Gasteiger partial charge in [0.15, 0.2) is 23.5 Å². The lowest BCUT2D eigenvalue weighted by Crippen LogP contribution is -2.42. The highest BCUT2D eigenvalue weighted by Crippen LogP contribution is 2.48. The number of esters is 1. The summed E-state index contributed by atoms with van der Waals surface area (Å²) in [6.07, 6.45) is -1.81. The van der Waals surface area contributed by atoms with Crippen LogP contribution in [0.1, 0.15) is 25.6 Å². The number of rotatable bonds is 11. The van der Waals surface area contributed by atoms with Crippen LogP contribution in [0.2, 0.25) is 0 Å². The number of fused-ring (bicyclic) bond motifs is 2. The maximum Gasteiger partial charge on any atom is 0.494 e. The first-order valence-electron chi connectivity index (χ1n) is 13.9. The van der Waals surface area contributed by atoms with Gasteiger partial charge in [-0.1, -0.05) is 60.7 Å². The van der Waals surface area contributed by atoms with Crippen molar-refractivity contribution < 1.29 is 41.9 Å². The van der Waals surface area contributed by atoms with Crippen LogP contribution in [0.5, 0.6) is 5.88 Å². The Balaban J connectivity index is 1.18. The van der Waals surface area contributed by atoms with E-state index < -0.39 is 51.5 Å². The number of ether oxygens (including phenoxy) is 3. The zero-order chi connectivity index (χ0) is 30.8. The zero-order valence-electron chi connectivity index (χ0n) is 24.2. The van der Waals surface area contributed by atoms with Crippen molar-refractivity contribution in [3.8, 4) is 5.88 Å². The van der Waals surface area contributed by atoms with Gasteiger partial charge in [0.25, 0.3) is 0 Å². The van der Waals surface area contributed by atoms with Crippen molar-refractivity contribution >= 4 is 43.9 Å². The van der Waals surface area contributed by atoms with E-state index in [1.807, 2.05) is 67.6 Å². The average Bonchev–Trinajstić information content (AvgIpc) is 3.69. The molecule has 6 rings (SSSR count). The molecule has 2 aliphatic heterocycles. The van der Waals surface area contributed by atoms with Crippen LogP contribution < -0.4 is 15.9 Å². The summed E-state index contributed by atoms with van der Waals surface area (Å²) in [6.45, 7) is 3.18. The van der Waals surface area contributed by atoms with Crippen LogP contribution in [-0.4, -0.2) is 70.2 Å². The van der Waals surface area contributed by atoms with Gasteiger partial charge in [-0.2, -0.15) is 9.97 Å². The van der Waals surface area contributed by atoms with Gasteiger partial charge in [0, 0.05) is 0 Å². The Kier molecular flexibility index (Phi) is 8.67. The zero-order valence-corrected chi connectivity index (χ0v) is 25.2. The molecule has 2 unspecified atom stereocenters. The Bertz CT molecular complexity index is 1650. The highest BCUT2D eigenvalue weighted by Gasteiger charge is 2.63. The number of methoxy groups -OCH3 is 1. The van der Waals surface area contributed by atoms with E-state index in [1.165, 1.54) is 20.4 Å². The largest absolute Gasteiger partial charge is 0.494 e. The number of carbonyl (C=O) groups is 1. The topological polar surface area (TPSA) is 168 Å². The molecule has 2 saturated heterocycles. The summed E-state index contributed by atoms with van der Waals surface area (Å²) in [7, 11) is -2.38. The van der Waals surface area contributed by atoms with Crippen LogP contribution >= 0.6 is 8.25 Å². The molecule has 0 aliphatic carbocycles. The van der Waals surface area contributed by atoms with E-state index in [1.54, 1.807) is 4.57 Å². The first-order valence-corrected chi connectivity index (χ1v) is 15.1. The standard InChI is InChI=1S/C28H31BN5O9P/c1-17(25(35)38-14-18-10-6-4-7-11-18)42-44(36)39-15-20-22-28(2,43-29(41-22)19-12-8-5-9-13-19)26(40-20)34-16-31-21-23(34)32-27(30)33-24(21)37-3/h4-13,16-17,20,22,26,44H,14-15H2,1-3H3,(H2,30,32,33)/t17?,20-,22-,26-,28-/m1/s1. The summed E-state index contributed by atoms with van der Waals surface area (Å²) < 4.78 is 55.3. The van der Waals surface area contributed by atoms with Crippen LogP contribution in [0.25, 0.3) is 11.2 Å². The molecule has 44 heavy (non-hydrogen) atoms. The van der Waals surface area contributed by atoms with Gasteiger partial charge in [0.05, 0.1) is 20.0 Å². The monoisotopic (exact) mass is 623 g/mol. The minimum atomic E-state index is -3.13. The molecular weight excluding hydrogens is 592 g/mol. The van der Waals surface area contributed by atoms with Gasteiger partial charge >= 0.3 is 21.3 Å². The van der Waals surface area contributed by atoms with Crippen molar-refractivity contribution in [1.29, 1.82) is 0 Å². The normalized spacial score (nSPS) is 24.2. The van der Waals surface area contributed by atoms with Crippen molar-refractivity contribution in [2.45, 2.75) is 50.6 Å². The molecule has 4 aromatic rings. The van der Waals surface area contributed by atoms with Crippen LogP contribution in [0.3, 0.4) is 0 Å². The molecule has 0 saturated carbocycles. The Morgan fingerprint density at radius 1 is 1.16 bits per heavy atom. The van der Waals surface area contributed by atoms with E-state index in [0.29, 0.717) is 11.2 Å². The predicted octanol–water partition coefficient (Wildman–Crippen LogP) is 2.44. The Labute approximate surface area is 253 Å². The number of hydrogen-bond acceptors (Lipinski definition) is 13. The number of imidazole rings is 1. The third kappa shape index (κ3) is 5.94. The molecule has 6 atom stereocenters. The van der Waals surface area contributed by atoms with Gasteiger partial charge in [-0.3, -0.25) is 13.7 Å². The minimum Gasteiger partial charge on any atom is -0.479 e. The Morgan fingerprint density at radius 2 is 1.89 bits per heavy atom. The van der Waals surface area contributed by atoms with E-state index in [9.17, 15) is 9.36 Å². The first kappa shape index (κ1) is 30.2. The number of nitrogens with zero attached hydrogens (tertiary/aromatic N) is 4. The maximum absolute atomic E-state index is 12.8. The fourth-order valence-corrected chi connectivity index (χ4v) is 6.04. The van der Waals surface area contributed by atoms with Crippen molar-refractivity contribution in [1.82, 2.24) is 19.5 Å². The summed E-state index contributed by atoms with van der Waals surface area (Å²) in [5.41, 5.74) is 7.26. The van der Waals surface area contributed by atoms with Gasteiger partial charge in [-0.25, -0.2) is 9.78 Å². The third-order valence-corrected chi connectivity index (χ3v) is 8.39. The molecule has 2 N–H and O–H groups in total. The van der Waals surface area contributed by atoms with Crippen molar-refractivity contribution in [3.63, 3.8) is 0 Å². The molecule has 0 spiro atoms. The highest BCUT2D eigenvalue weighted by atomic mass is 31.1. The van der Waals surface area contributed by atoms with E-state index in [0.717, 1.165) is 11.0 Å². The van der Waals surface area contributed by atoms with Gasteiger partial charge in [-0.15, -0.1) is 0 Å². The van der Waals surface area contributed by atoms with Gasteiger partial charge in [0.1, 0.15) is 24.4 Å². The number of carbonyl (C=O) groups excluding carboxylic acids is 1. The molecule has 2 aromatic carbocycles. The van der Waals surface area contributed by atoms with Gasteiger partial charge in [-0.05, 0) is 24.9 Å². The molecule has 14 nitrogen and oxygen atoms in total. The fraction of sp³-hybridized carbons (Fsp3) is 0.357. The Hall–Kier alpha value is -3.85. The van der Waals surface area contributed by atoms with Crippen LogP contribution in [0.15, 0.2) is 67.0 Å². The van der Waals surface area contributed by atoms with Gasteiger partial charge < -0.3 is 33.8 Å². The summed E-state index contributed by atoms with van der Waals surface area (Å²) in [5.74, 6) is -0.459. The SMILES string of the molecule is COc1nc(N)nc2c1ncn2[C@@H]1O[C@H](CO[PH](=O)OC(C)C(=O)OCc2ccccc2)[C@H]2OB(c3ccccc3)O[C@]21C. The summed E-state index contributed by atoms with van der Waals surface area (Å²) >= 11 is 0. The van der Waals surface area contributed by atoms with E-state index in [4.69, 9.17) is 38.3 Å². The van der Waals surface area contributed by atoms with E-state index >= 15 is 0 Å². The number of benzene rings is 2. The second-order valence-electron chi connectivity index (χ2n) is 10.5. The second-order valence-corrected chi connectivity index (χ2v) is 11.5. The molecule has 2 aliphatic rings. The number of aromatic nitrogens is 4. The van der Waals surface area contributed by atoms with Crippen molar-refractivity contribution in [3.05, 3.63) is 72.6 Å². The predicted molar refractivity (Wildman–Crippen MR) is 158 cm³/mol. The summed E-state index contributed by atoms with van der Waals surface area (Å²) in [5, 5.41) is 0. The van der Waals surface area contributed by atoms with Crippen molar-refractivity contribution in [2.75, 3.05) is 19.5 Å². The molecule has 0 amide bonds. The van der Waals surface area contributed by atoms with Crippen LogP contribution in [-0.2, 0) is 43.8 Å². The number of anilines is 1. The lowest BCUT2D eigenvalue weighted by molar-refractivity contribution is -0.152. The van der Waals surface area contributed by atoms with E-state index in [-0.39, 0.29) is 25.0 Å². The van der Waals surface area contributed by atoms with Crippen LogP contribution in [0, 0.1) is 0 Å². The highest BCUT2D eigenvalue weighted by molar-refractivity contribution is 7.33. The second kappa shape index (κ2) is 12.6. The molecule has 0 radical (unpaired) electrons. The molecule has 2 fully saturated rings. The summed E-state index contributed by atoms with van der Waals surface area (Å²) in [6, 6.07) is 18.7. The smallest absolute Gasteiger partial charge is 0.479 e. The number of nitrogens with two attached hydrogens (primary N) is 1. The molecule has 16 heteroatoms. The average molecular weight is 623 g/mol. The lowest BCUT2D eigenvalue weighted by atomic mass is 9.79. The minimum absolute atomic E-state index is 0.00593. The molecule has 230 valence electrons.